The lowest BCUT2D eigenvalue weighted by molar-refractivity contribution is -0.115. The minimum atomic E-state index is -0.445. The predicted octanol–water partition coefficient (Wildman–Crippen LogP) is 3.51. The van der Waals surface area contributed by atoms with Crippen LogP contribution in [0.1, 0.15) is 16.3 Å². The van der Waals surface area contributed by atoms with E-state index in [1.54, 1.807) is 12.1 Å². The van der Waals surface area contributed by atoms with Crippen LogP contribution < -0.4 is 5.32 Å². The summed E-state index contributed by atoms with van der Waals surface area (Å²) in [6.07, 6.45) is 0.120. The second-order valence-corrected chi connectivity index (χ2v) is 5.28. The van der Waals surface area contributed by atoms with Gasteiger partial charge in [0.25, 0.3) is 0 Å². The highest BCUT2D eigenvalue weighted by molar-refractivity contribution is 7.09. The van der Waals surface area contributed by atoms with Gasteiger partial charge in [-0.2, -0.15) is 0 Å². The zero-order valence-corrected chi connectivity index (χ0v) is 11.8. The summed E-state index contributed by atoms with van der Waals surface area (Å²) in [7, 11) is 0. The SMILES string of the molecule is Cc1ccc(F)c(NC(=O)Cc2nc(CCl)cs2)c1. The number of benzene rings is 1. The fraction of sp³-hybridized carbons (Fsp3) is 0.231. The van der Waals surface area contributed by atoms with E-state index >= 15 is 0 Å². The minimum Gasteiger partial charge on any atom is -0.323 e. The third kappa shape index (κ3) is 3.75. The zero-order chi connectivity index (χ0) is 13.8. The summed E-state index contributed by atoms with van der Waals surface area (Å²) < 4.78 is 13.5. The van der Waals surface area contributed by atoms with Gasteiger partial charge in [-0.25, -0.2) is 9.37 Å². The van der Waals surface area contributed by atoms with Gasteiger partial charge >= 0.3 is 0 Å². The largest absolute Gasteiger partial charge is 0.323 e. The molecule has 1 aromatic carbocycles. The third-order valence-electron chi connectivity index (χ3n) is 2.44. The van der Waals surface area contributed by atoms with Gasteiger partial charge in [-0.15, -0.1) is 22.9 Å². The van der Waals surface area contributed by atoms with Gasteiger partial charge in [-0.3, -0.25) is 4.79 Å². The van der Waals surface area contributed by atoms with E-state index in [9.17, 15) is 9.18 Å². The van der Waals surface area contributed by atoms with Gasteiger partial charge in [-0.1, -0.05) is 6.07 Å². The Morgan fingerprint density at radius 1 is 1.53 bits per heavy atom. The van der Waals surface area contributed by atoms with Crippen LogP contribution in [0.25, 0.3) is 0 Å². The van der Waals surface area contributed by atoms with Crippen molar-refractivity contribution < 1.29 is 9.18 Å². The van der Waals surface area contributed by atoms with Crippen molar-refractivity contribution in [3.8, 4) is 0 Å². The molecule has 1 aromatic heterocycles. The zero-order valence-electron chi connectivity index (χ0n) is 10.2. The number of aromatic nitrogens is 1. The van der Waals surface area contributed by atoms with Gasteiger partial charge in [0.05, 0.1) is 23.7 Å². The molecule has 6 heteroatoms. The quantitative estimate of drug-likeness (QED) is 0.878. The van der Waals surface area contributed by atoms with Crippen LogP contribution in [0.3, 0.4) is 0 Å². The van der Waals surface area contributed by atoms with Gasteiger partial charge in [0.2, 0.25) is 5.91 Å². The molecule has 0 spiro atoms. The molecule has 1 amide bonds. The first kappa shape index (κ1) is 14.0. The Kier molecular flexibility index (Phi) is 4.50. The van der Waals surface area contributed by atoms with Crippen molar-refractivity contribution in [1.29, 1.82) is 0 Å². The molecule has 2 rings (SSSR count). The van der Waals surface area contributed by atoms with E-state index in [4.69, 9.17) is 11.6 Å². The molecule has 19 heavy (non-hydrogen) atoms. The number of alkyl halides is 1. The summed E-state index contributed by atoms with van der Waals surface area (Å²) in [6.45, 7) is 1.84. The standard InChI is InChI=1S/C13H12ClFN2OS/c1-8-2-3-10(15)11(4-8)17-12(18)5-13-16-9(6-14)7-19-13/h2-4,7H,5-6H2,1H3,(H,17,18). The Hall–Kier alpha value is -1.46. The fourth-order valence-electron chi connectivity index (χ4n) is 1.56. The molecule has 100 valence electrons. The Morgan fingerprint density at radius 2 is 2.32 bits per heavy atom. The van der Waals surface area contributed by atoms with E-state index in [1.807, 2.05) is 12.3 Å². The summed E-state index contributed by atoms with van der Waals surface area (Å²) in [5.74, 6) is -0.413. The molecule has 0 bridgehead atoms. The summed E-state index contributed by atoms with van der Waals surface area (Å²) >= 11 is 7.01. The summed E-state index contributed by atoms with van der Waals surface area (Å²) in [4.78, 5) is 16.0. The monoisotopic (exact) mass is 298 g/mol. The fourth-order valence-corrected chi connectivity index (χ4v) is 2.58. The molecule has 0 atom stereocenters. The Labute approximate surface area is 119 Å². The lowest BCUT2D eigenvalue weighted by atomic mass is 10.2. The first-order valence-electron chi connectivity index (χ1n) is 5.63. The third-order valence-corrected chi connectivity index (χ3v) is 3.62. The number of hydrogen-bond donors (Lipinski definition) is 1. The molecule has 0 fully saturated rings. The number of rotatable bonds is 4. The second-order valence-electron chi connectivity index (χ2n) is 4.07. The average molecular weight is 299 g/mol. The van der Waals surface area contributed by atoms with Crippen molar-refractivity contribution in [2.24, 2.45) is 0 Å². The molecule has 0 aliphatic heterocycles. The molecule has 1 heterocycles. The van der Waals surface area contributed by atoms with Crippen LogP contribution in [0.4, 0.5) is 10.1 Å². The molecule has 0 unspecified atom stereocenters. The predicted molar refractivity (Wildman–Crippen MR) is 75.1 cm³/mol. The maximum absolute atomic E-state index is 13.5. The van der Waals surface area contributed by atoms with E-state index in [-0.39, 0.29) is 18.0 Å². The number of carbonyl (C=O) groups excluding carboxylic acids is 1. The van der Waals surface area contributed by atoms with E-state index in [0.29, 0.717) is 10.9 Å². The highest BCUT2D eigenvalue weighted by atomic mass is 35.5. The van der Waals surface area contributed by atoms with Gasteiger partial charge in [0.15, 0.2) is 0 Å². The molecule has 2 aromatic rings. The molecule has 3 nitrogen and oxygen atoms in total. The number of aryl methyl sites for hydroxylation is 1. The smallest absolute Gasteiger partial charge is 0.231 e. The Morgan fingerprint density at radius 3 is 3.00 bits per heavy atom. The van der Waals surface area contributed by atoms with Crippen LogP contribution in [0.5, 0.6) is 0 Å². The normalized spacial score (nSPS) is 10.5. The average Bonchev–Trinajstić information content (AvgIpc) is 2.81. The number of carbonyl (C=O) groups is 1. The van der Waals surface area contributed by atoms with Crippen molar-refractivity contribution in [1.82, 2.24) is 4.98 Å². The Balaban J connectivity index is 2.03. The number of hydrogen-bond acceptors (Lipinski definition) is 3. The van der Waals surface area contributed by atoms with Crippen LogP contribution in [-0.2, 0) is 17.1 Å². The van der Waals surface area contributed by atoms with Gasteiger partial charge in [0.1, 0.15) is 10.8 Å². The summed E-state index contributed by atoms with van der Waals surface area (Å²) in [5.41, 5.74) is 1.82. The molecular formula is C13H12ClFN2OS. The maximum Gasteiger partial charge on any atom is 0.231 e. The first-order chi connectivity index (χ1) is 9.08. The van der Waals surface area contributed by atoms with Crippen molar-refractivity contribution in [2.45, 2.75) is 19.2 Å². The number of halogens is 2. The summed E-state index contributed by atoms with van der Waals surface area (Å²) in [5, 5.41) is 5.02. The lowest BCUT2D eigenvalue weighted by Gasteiger charge is -2.06. The minimum absolute atomic E-state index is 0.120. The van der Waals surface area contributed by atoms with Crippen LogP contribution >= 0.6 is 22.9 Å². The van der Waals surface area contributed by atoms with Crippen molar-refractivity contribution in [3.05, 3.63) is 45.7 Å². The van der Waals surface area contributed by atoms with Crippen LogP contribution in [0.15, 0.2) is 23.6 Å². The second kappa shape index (κ2) is 6.12. The molecule has 0 aliphatic rings. The molecule has 0 saturated carbocycles. The molecule has 0 saturated heterocycles. The molecule has 1 N–H and O–H groups in total. The van der Waals surface area contributed by atoms with Crippen molar-refractivity contribution in [3.63, 3.8) is 0 Å². The van der Waals surface area contributed by atoms with Crippen molar-refractivity contribution >= 4 is 34.5 Å². The van der Waals surface area contributed by atoms with E-state index in [1.165, 1.54) is 17.4 Å². The number of anilines is 1. The molecule has 0 radical (unpaired) electrons. The lowest BCUT2D eigenvalue weighted by Crippen LogP contribution is -2.15. The maximum atomic E-state index is 13.5. The first-order valence-corrected chi connectivity index (χ1v) is 7.05. The number of thiazole rings is 1. The van der Waals surface area contributed by atoms with E-state index in [0.717, 1.165) is 11.3 Å². The van der Waals surface area contributed by atoms with E-state index in [2.05, 4.69) is 10.3 Å². The number of amides is 1. The topological polar surface area (TPSA) is 42.0 Å². The summed E-state index contributed by atoms with van der Waals surface area (Å²) in [6, 6.07) is 4.58. The van der Waals surface area contributed by atoms with Crippen LogP contribution in [0, 0.1) is 12.7 Å². The van der Waals surface area contributed by atoms with Crippen LogP contribution in [-0.4, -0.2) is 10.9 Å². The van der Waals surface area contributed by atoms with Gasteiger partial charge in [-0.05, 0) is 24.6 Å². The van der Waals surface area contributed by atoms with E-state index < -0.39 is 5.82 Å². The van der Waals surface area contributed by atoms with Gasteiger partial charge in [0, 0.05) is 5.38 Å². The number of nitrogens with zero attached hydrogens (tertiary/aromatic N) is 1. The number of nitrogens with one attached hydrogen (secondary N) is 1. The van der Waals surface area contributed by atoms with Gasteiger partial charge < -0.3 is 5.32 Å². The van der Waals surface area contributed by atoms with Crippen LogP contribution in [0.2, 0.25) is 0 Å². The Bertz CT molecular complexity index is 600. The molecular weight excluding hydrogens is 287 g/mol. The highest BCUT2D eigenvalue weighted by Crippen LogP contribution is 2.17. The molecule has 0 aliphatic carbocycles. The van der Waals surface area contributed by atoms with Crippen molar-refractivity contribution in [2.75, 3.05) is 5.32 Å². The highest BCUT2D eigenvalue weighted by Gasteiger charge is 2.10.